The molecule has 10 heteroatoms. The molecule has 0 saturated carbocycles. The summed E-state index contributed by atoms with van der Waals surface area (Å²) in [6.07, 6.45) is 0.219. The fourth-order valence-corrected chi connectivity index (χ4v) is 6.28. The summed E-state index contributed by atoms with van der Waals surface area (Å²) in [5.41, 5.74) is 1.80. The molecule has 4 aromatic rings. The van der Waals surface area contributed by atoms with Gasteiger partial charge in [0.25, 0.3) is 10.0 Å². The monoisotopic (exact) mass is 623 g/mol. The topological polar surface area (TPSA) is 86.8 Å². The van der Waals surface area contributed by atoms with Crippen LogP contribution in [0.3, 0.4) is 0 Å². The van der Waals surface area contributed by atoms with Gasteiger partial charge in [-0.2, -0.15) is 0 Å². The Morgan fingerprint density at radius 1 is 0.786 bits per heavy atom. The number of carbonyl (C=O) groups excluding carboxylic acids is 2. The molecule has 4 rings (SSSR count). The predicted octanol–water partition coefficient (Wildman–Crippen LogP) is 5.96. The van der Waals surface area contributed by atoms with Gasteiger partial charge in [0.2, 0.25) is 11.8 Å². The largest absolute Gasteiger partial charge is 0.355 e. The van der Waals surface area contributed by atoms with Crippen LogP contribution in [0.2, 0.25) is 10.0 Å². The highest BCUT2D eigenvalue weighted by molar-refractivity contribution is 7.92. The number of anilines is 1. The second-order valence-electron chi connectivity index (χ2n) is 9.53. The number of rotatable bonds is 12. The average Bonchev–Trinajstić information content (AvgIpc) is 3.00. The molecule has 0 heterocycles. The van der Waals surface area contributed by atoms with Gasteiger partial charge in [-0.1, -0.05) is 96.0 Å². The molecular formula is C32H31Cl2N3O4S. The van der Waals surface area contributed by atoms with Gasteiger partial charge in [0.1, 0.15) is 12.6 Å². The Bertz CT molecular complexity index is 1610. The first-order valence-corrected chi connectivity index (χ1v) is 15.6. The van der Waals surface area contributed by atoms with E-state index in [1.54, 1.807) is 73.7 Å². The number of likely N-dealkylation sites (N-methyl/N-ethyl adjacent to an activating group) is 1. The van der Waals surface area contributed by atoms with Crippen molar-refractivity contribution in [3.63, 3.8) is 0 Å². The first-order valence-electron chi connectivity index (χ1n) is 13.4. The molecule has 218 valence electrons. The van der Waals surface area contributed by atoms with E-state index in [9.17, 15) is 18.0 Å². The summed E-state index contributed by atoms with van der Waals surface area (Å²) in [5.74, 6) is -0.913. The number of halogens is 2. The minimum absolute atomic E-state index is 0.00162. The molecule has 0 aromatic heterocycles. The van der Waals surface area contributed by atoms with Gasteiger partial charge in [-0.3, -0.25) is 13.9 Å². The van der Waals surface area contributed by atoms with Crippen molar-refractivity contribution in [2.45, 2.75) is 30.8 Å². The Labute approximate surface area is 256 Å². The zero-order valence-corrected chi connectivity index (χ0v) is 25.3. The first-order chi connectivity index (χ1) is 20.2. The fourth-order valence-electron chi connectivity index (χ4n) is 4.52. The molecule has 42 heavy (non-hydrogen) atoms. The van der Waals surface area contributed by atoms with E-state index >= 15 is 0 Å². The van der Waals surface area contributed by atoms with E-state index in [4.69, 9.17) is 23.2 Å². The number of para-hydroxylation sites is 1. The summed E-state index contributed by atoms with van der Waals surface area (Å²) < 4.78 is 28.8. The SMILES string of the molecule is CCNC(=O)[C@H](Cc1ccccc1)N(Cc1ccc(Cl)c(Cl)c1)C(=O)CN(c1ccccc1)S(=O)(=O)c1ccccc1. The normalized spacial score (nSPS) is 11.9. The van der Waals surface area contributed by atoms with Crippen LogP contribution in [-0.2, 0) is 32.6 Å². The number of carbonyl (C=O) groups is 2. The van der Waals surface area contributed by atoms with Crippen LogP contribution in [0, 0.1) is 0 Å². The average molecular weight is 625 g/mol. The van der Waals surface area contributed by atoms with Crippen molar-refractivity contribution < 1.29 is 18.0 Å². The lowest BCUT2D eigenvalue weighted by molar-refractivity contribution is -0.140. The lowest BCUT2D eigenvalue weighted by atomic mass is 10.0. The first kappa shape index (κ1) is 31.1. The smallest absolute Gasteiger partial charge is 0.264 e. The molecule has 0 saturated heterocycles. The third kappa shape index (κ3) is 7.70. The molecule has 7 nitrogen and oxygen atoms in total. The Hall–Kier alpha value is -3.85. The van der Waals surface area contributed by atoms with Gasteiger partial charge in [-0.15, -0.1) is 0 Å². The van der Waals surface area contributed by atoms with Gasteiger partial charge in [0, 0.05) is 19.5 Å². The van der Waals surface area contributed by atoms with Crippen LogP contribution in [-0.4, -0.2) is 44.3 Å². The molecular weight excluding hydrogens is 593 g/mol. The number of hydrogen-bond acceptors (Lipinski definition) is 4. The standard InChI is InChI=1S/C32H31Cl2N3O4S/c1-2-35-32(39)30(21-24-12-6-3-7-13-24)36(22-25-18-19-28(33)29(34)20-25)31(38)23-37(26-14-8-4-9-15-26)42(40,41)27-16-10-5-11-17-27/h3-20,30H,2,21-23H2,1H3,(H,35,39)/t30-/m0/s1. The summed E-state index contributed by atoms with van der Waals surface area (Å²) >= 11 is 12.4. The quantitative estimate of drug-likeness (QED) is 0.211. The lowest BCUT2D eigenvalue weighted by Crippen LogP contribution is -2.53. The van der Waals surface area contributed by atoms with Crippen molar-refractivity contribution in [1.82, 2.24) is 10.2 Å². The second kappa shape index (κ2) is 14.4. The van der Waals surface area contributed by atoms with Crippen LogP contribution >= 0.6 is 23.2 Å². The number of hydrogen-bond donors (Lipinski definition) is 1. The zero-order valence-electron chi connectivity index (χ0n) is 23.0. The minimum Gasteiger partial charge on any atom is -0.355 e. The fraction of sp³-hybridized carbons (Fsp3) is 0.188. The van der Waals surface area contributed by atoms with Crippen LogP contribution in [0.1, 0.15) is 18.1 Å². The maximum absolute atomic E-state index is 14.3. The molecule has 0 unspecified atom stereocenters. The molecule has 1 atom stereocenters. The van der Waals surface area contributed by atoms with Gasteiger partial charge in [-0.05, 0) is 54.4 Å². The number of sulfonamides is 1. The molecule has 0 spiro atoms. The highest BCUT2D eigenvalue weighted by Gasteiger charge is 2.34. The van der Waals surface area contributed by atoms with Crippen molar-refractivity contribution in [2.24, 2.45) is 0 Å². The van der Waals surface area contributed by atoms with Crippen molar-refractivity contribution in [3.05, 3.63) is 130 Å². The summed E-state index contributed by atoms with van der Waals surface area (Å²) in [6.45, 7) is 1.62. The number of benzene rings is 4. The van der Waals surface area contributed by atoms with E-state index in [2.05, 4.69) is 5.32 Å². The molecule has 0 radical (unpaired) electrons. The van der Waals surface area contributed by atoms with Gasteiger partial charge >= 0.3 is 0 Å². The number of nitrogens with zero attached hydrogens (tertiary/aromatic N) is 2. The highest BCUT2D eigenvalue weighted by atomic mass is 35.5. The summed E-state index contributed by atoms with van der Waals surface area (Å²) in [7, 11) is -4.14. The maximum Gasteiger partial charge on any atom is 0.264 e. The number of nitrogens with one attached hydrogen (secondary N) is 1. The van der Waals surface area contributed by atoms with Crippen LogP contribution in [0.15, 0.2) is 114 Å². The maximum atomic E-state index is 14.3. The van der Waals surface area contributed by atoms with E-state index in [1.165, 1.54) is 17.0 Å². The van der Waals surface area contributed by atoms with Crippen molar-refractivity contribution in [1.29, 1.82) is 0 Å². The molecule has 1 N–H and O–H groups in total. The highest BCUT2D eigenvalue weighted by Crippen LogP contribution is 2.26. The summed E-state index contributed by atoms with van der Waals surface area (Å²) in [6, 6.07) is 29.7. The van der Waals surface area contributed by atoms with Crippen molar-refractivity contribution in [2.75, 3.05) is 17.4 Å². The predicted molar refractivity (Wildman–Crippen MR) is 167 cm³/mol. The Morgan fingerprint density at radius 3 is 1.98 bits per heavy atom. The van der Waals surface area contributed by atoms with Gasteiger partial charge < -0.3 is 10.2 Å². The Balaban J connectivity index is 1.78. The lowest BCUT2D eigenvalue weighted by Gasteiger charge is -2.34. The molecule has 0 fully saturated rings. The zero-order chi connectivity index (χ0) is 30.1. The molecule has 4 aromatic carbocycles. The van der Waals surface area contributed by atoms with Crippen LogP contribution in [0.4, 0.5) is 5.69 Å². The van der Waals surface area contributed by atoms with E-state index in [1.807, 2.05) is 30.3 Å². The van der Waals surface area contributed by atoms with Crippen LogP contribution in [0.25, 0.3) is 0 Å². The molecule has 0 aliphatic carbocycles. The molecule has 0 aliphatic rings. The Kier molecular flexibility index (Phi) is 10.6. The number of amides is 2. The summed E-state index contributed by atoms with van der Waals surface area (Å²) in [4.78, 5) is 29.2. The van der Waals surface area contributed by atoms with E-state index in [0.29, 0.717) is 27.8 Å². The Morgan fingerprint density at radius 2 is 1.38 bits per heavy atom. The molecule has 0 aliphatic heterocycles. The third-order valence-corrected chi connectivity index (χ3v) is 9.14. The van der Waals surface area contributed by atoms with Crippen molar-refractivity contribution >= 4 is 50.7 Å². The summed E-state index contributed by atoms with van der Waals surface area (Å²) in [5, 5.41) is 3.49. The van der Waals surface area contributed by atoms with Crippen LogP contribution in [0.5, 0.6) is 0 Å². The van der Waals surface area contributed by atoms with E-state index in [0.717, 1.165) is 9.87 Å². The molecule has 2 amide bonds. The third-order valence-electron chi connectivity index (χ3n) is 6.61. The van der Waals surface area contributed by atoms with Gasteiger partial charge in [0.05, 0.1) is 20.6 Å². The molecule has 0 bridgehead atoms. The van der Waals surface area contributed by atoms with Crippen LogP contribution < -0.4 is 9.62 Å². The van der Waals surface area contributed by atoms with Gasteiger partial charge in [0.15, 0.2) is 0 Å². The van der Waals surface area contributed by atoms with Crippen molar-refractivity contribution in [3.8, 4) is 0 Å². The van der Waals surface area contributed by atoms with E-state index < -0.39 is 28.5 Å². The second-order valence-corrected chi connectivity index (χ2v) is 12.2. The van der Waals surface area contributed by atoms with Gasteiger partial charge in [-0.25, -0.2) is 8.42 Å². The van der Waals surface area contributed by atoms with E-state index in [-0.39, 0.29) is 23.8 Å². The minimum atomic E-state index is -4.14.